The van der Waals surface area contributed by atoms with E-state index in [0.717, 1.165) is 35.1 Å². The Morgan fingerprint density at radius 1 is 0.919 bits per heavy atom. The van der Waals surface area contributed by atoms with Crippen molar-refractivity contribution >= 4 is 45.0 Å². The fourth-order valence-electron chi connectivity index (χ4n) is 4.91. The molecule has 8 heteroatoms. The van der Waals surface area contributed by atoms with Crippen LogP contribution in [0.3, 0.4) is 0 Å². The molecule has 0 aromatic heterocycles. The highest BCUT2D eigenvalue weighted by Gasteiger charge is 2.35. The van der Waals surface area contributed by atoms with Crippen LogP contribution < -0.4 is 15.5 Å². The molecule has 1 atom stereocenters. The Balaban J connectivity index is 1.59. The zero-order valence-electron chi connectivity index (χ0n) is 20.7. The summed E-state index contributed by atoms with van der Waals surface area (Å²) in [5, 5.41) is 6.28. The van der Waals surface area contributed by atoms with E-state index in [1.807, 2.05) is 48.2 Å². The van der Waals surface area contributed by atoms with Gasteiger partial charge in [0.25, 0.3) is 11.8 Å². The topological polar surface area (TPSA) is 81.8 Å². The van der Waals surface area contributed by atoms with E-state index in [-0.39, 0.29) is 24.1 Å². The van der Waals surface area contributed by atoms with Crippen LogP contribution in [0.15, 0.2) is 71.2 Å². The third-order valence-corrected chi connectivity index (χ3v) is 7.34. The van der Waals surface area contributed by atoms with E-state index < -0.39 is 6.04 Å². The molecule has 0 saturated carbocycles. The maximum Gasteiger partial charge on any atom is 0.258 e. The molecular weight excluding hydrogens is 532 g/mol. The van der Waals surface area contributed by atoms with Crippen molar-refractivity contribution in [3.63, 3.8) is 0 Å². The van der Waals surface area contributed by atoms with Crippen molar-refractivity contribution in [3.05, 3.63) is 93.5 Å². The number of fused-ring (bicyclic) bond motifs is 1. The molecule has 2 aliphatic rings. The average molecular weight is 561 g/mol. The number of rotatable bonds is 3. The molecule has 1 saturated heterocycles. The summed E-state index contributed by atoms with van der Waals surface area (Å²) in [5.41, 5.74) is 3.99. The van der Waals surface area contributed by atoms with Gasteiger partial charge in [-0.05, 0) is 61.9 Å². The number of hydrogen-bond donors (Lipinski definition) is 2. The summed E-state index contributed by atoms with van der Waals surface area (Å²) in [6, 6.07) is 19.9. The maximum atomic E-state index is 14.0. The summed E-state index contributed by atoms with van der Waals surface area (Å²) in [4.78, 5) is 44.0. The highest BCUT2D eigenvalue weighted by molar-refractivity contribution is 9.10. The smallest absolute Gasteiger partial charge is 0.258 e. The van der Waals surface area contributed by atoms with Gasteiger partial charge in [0.05, 0.1) is 23.8 Å². The largest absolute Gasteiger partial charge is 0.337 e. The molecule has 37 heavy (non-hydrogen) atoms. The summed E-state index contributed by atoms with van der Waals surface area (Å²) >= 11 is 3.46. The number of hydrogen-bond acceptors (Lipinski definition) is 4. The first-order valence-corrected chi connectivity index (χ1v) is 13.3. The van der Waals surface area contributed by atoms with Crippen molar-refractivity contribution in [2.24, 2.45) is 0 Å². The Morgan fingerprint density at radius 2 is 1.70 bits per heavy atom. The van der Waals surface area contributed by atoms with Gasteiger partial charge in [0, 0.05) is 35.2 Å². The van der Waals surface area contributed by atoms with Gasteiger partial charge in [0.1, 0.15) is 0 Å². The van der Waals surface area contributed by atoms with Crippen molar-refractivity contribution in [1.29, 1.82) is 0 Å². The van der Waals surface area contributed by atoms with E-state index in [4.69, 9.17) is 0 Å². The third-order valence-electron chi connectivity index (χ3n) is 6.85. The Kier molecular flexibility index (Phi) is 7.39. The summed E-state index contributed by atoms with van der Waals surface area (Å²) in [6.45, 7) is 4.95. The Hall–Kier alpha value is -3.49. The van der Waals surface area contributed by atoms with Gasteiger partial charge in [-0.25, -0.2) is 0 Å². The van der Waals surface area contributed by atoms with Gasteiger partial charge in [-0.2, -0.15) is 0 Å². The van der Waals surface area contributed by atoms with Crippen LogP contribution in [0.25, 0.3) is 0 Å². The van der Waals surface area contributed by atoms with Crippen LogP contribution in [0.2, 0.25) is 0 Å². The molecule has 1 fully saturated rings. The van der Waals surface area contributed by atoms with Crippen molar-refractivity contribution in [2.45, 2.75) is 25.8 Å². The van der Waals surface area contributed by atoms with Gasteiger partial charge in [-0.15, -0.1) is 0 Å². The van der Waals surface area contributed by atoms with Crippen molar-refractivity contribution in [1.82, 2.24) is 10.2 Å². The van der Waals surface area contributed by atoms with Crippen LogP contribution in [0.5, 0.6) is 0 Å². The van der Waals surface area contributed by atoms with E-state index in [1.54, 1.807) is 35.2 Å². The van der Waals surface area contributed by atoms with Crippen LogP contribution in [0, 0.1) is 6.92 Å². The first-order valence-electron chi connectivity index (χ1n) is 12.5. The van der Waals surface area contributed by atoms with E-state index >= 15 is 0 Å². The van der Waals surface area contributed by atoms with Gasteiger partial charge in [0.15, 0.2) is 0 Å². The molecule has 0 spiro atoms. The highest BCUT2D eigenvalue weighted by Crippen LogP contribution is 2.40. The molecule has 5 rings (SSSR count). The highest BCUT2D eigenvalue weighted by atomic mass is 79.9. The summed E-state index contributed by atoms with van der Waals surface area (Å²) < 4.78 is 0.794. The number of nitrogens with one attached hydrogen (secondary N) is 2. The predicted molar refractivity (Wildman–Crippen MR) is 148 cm³/mol. The van der Waals surface area contributed by atoms with E-state index in [0.29, 0.717) is 35.6 Å². The van der Waals surface area contributed by atoms with Gasteiger partial charge in [0.2, 0.25) is 5.91 Å². The number of carbonyl (C=O) groups excluding carboxylic acids is 3. The number of anilines is 2. The molecule has 2 heterocycles. The lowest BCUT2D eigenvalue weighted by Crippen LogP contribution is -2.35. The lowest BCUT2D eigenvalue weighted by molar-refractivity contribution is -0.116. The van der Waals surface area contributed by atoms with Crippen molar-refractivity contribution in [3.8, 4) is 0 Å². The molecule has 3 amide bonds. The predicted octanol–water partition coefficient (Wildman–Crippen LogP) is 4.92. The molecule has 0 bridgehead atoms. The lowest BCUT2D eigenvalue weighted by Gasteiger charge is -2.31. The monoisotopic (exact) mass is 560 g/mol. The number of aryl methyl sites for hydroxylation is 1. The minimum atomic E-state index is -0.508. The maximum absolute atomic E-state index is 14.0. The second-order valence-corrected chi connectivity index (χ2v) is 10.4. The summed E-state index contributed by atoms with van der Waals surface area (Å²) in [5.74, 6) is -0.507. The quantitative estimate of drug-likeness (QED) is 0.476. The number of halogens is 1. The number of benzene rings is 3. The van der Waals surface area contributed by atoms with Gasteiger partial charge in [-0.3, -0.25) is 19.3 Å². The molecule has 7 nitrogen and oxygen atoms in total. The van der Waals surface area contributed by atoms with Crippen LogP contribution in [0.4, 0.5) is 11.4 Å². The van der Waals surface area contributed by atoms with Gasteiger partial charge >= 0.3 is 0 Å². The summed E-state index contributed by atoms with van der Waals surface area (Å²) in [7, 11) is 0. The molecule has 2 aliphatic heterocycles. The second kappa shape index (κ2) is 10.9. The first kappa shape index (κ1) is 25.2. The van der Waals surface area contributed by atoms with Crippen LogP contribution >= 0.6 is 15.9 Å². The lowest BCUT2D eigenvalue weighted by atomic mass is 9.99. The van der Waals surface area contributed by atoms with Crippen molar-refractivity contribution < 1.29 is 14.4 Å². The van der Waals surface area contributed by atoms with Gasteiger partial charge < -0.3 is 15.5 Å². The van der Waals surface area contributed by atoms with E-state index in [1.165, 1.54) is 0 Å². The molecule has 2 N–H and O–H groups in total. The minimum absolute atomic E-state index is 0.0788. The molecule has 0 radical (unpaired) electrons. The van der Waals surface area contributed by atoms with E-state index in [9.17, 15) is 14.4 Å². The average Bonchev–Trinajstić information content (AvgIpc) is 3.25. The SMILES string of the molecule is Cc1ccc(C2CC(=O)Nc3cc(C(=O)N4CCCNCC4)ccc3N2C(=O)c2cccc(Br)c2)cc1. The number of amides is 3. The normalized spacial score (nSPS) is 17.9. The third kappa shape index (κ3) is 5.45. The first-order chi connectivity index (χ1) is 17.9. The molecule has 1 unspecified atom stereocenters. The summed E-state index contributed by atoms with van der Waals surface area (Å²) in [6.07, 6.45) is 0.985. The number of nitrogens with zero attached hydrogens (tertiary/aromatic N) is 2. The zero-order chi connectivity index (χ0) is 25.9. The van der Waals surface area contributed by atoms with Crippen molar-refractivity contribution in [2.75, 3.05) is 36.4 Å². The zero-order valence-corrected chi connectivity index (χ0v) is 22.3. The minimum Gasteiger partial charge on any atom is -0.337 e. The second-order valence-electron chi connectivity index (χ2n) is 9.49. The van der Waals surface area contributed by atoms with Crippen LogP contribution in [-0.2, 0) is 4.79 Å². The molecule has 3 aromatic carbocycles. The fourth-order valence-corrected chi connectivity index (χ4v) is 5.31. The standard InChI is InChI=1S/C29H29BrN4O3/c1-19-6-8-20(9-7-19)26-18-27(35)32-24-17-22(28(36)33-14-3-12-31-13-15-33)10-11-25(24)34(26)29(37)21-4-2-5-23(30)16-21/h2,4-11,16-17,26,31H,3,12-15,18H2,1H3,(H,32,35). The molecular formula is C29H29BrN4O3. The molecule has 0 aliphatic carbocycles. The molecule has 190 valence electrons. The number of carbonyl (C=O) groups is 3. The Bertz CT molecular complexity index is 1330. The van der Waals surface area contributed by atoms with Crippen LogP contribution in [-0.4, -0.2) is 48.8 Å². The van der Waals surface area contributed by atoms with Gasteiger partial charge in [-0.1, -0.05) is 51.8 Å². The van der Waals surface area contributed by atoms with E-state index in [2.05, 4.69) is 26.6 Å². The Labute approximate surface area is 225 Å². The Morgan fingerprint density at radius 3 is 2.49 bits per heavy atom. The van der Waals surface area contributed by atoms with Crippen LogP contribution in [0.1, 0.15) is 50.7 Å². The fraction of sp³-hybridized carbons (Fsp3) is 0.276. The molecule has 3 aromatic rings.